The van der Waals surface area contributed by atoms with Crippen LogP contribution in [0.5, 0.6) is 0 Å². The number of likely N-dealkylation sites (tertiary alicyclic amines) is 1. The maximum absolute atomic E-state index is 11.9. The van der Waals surface area contributed by atoms with Gasteiger partial charge >= 0.3 is 0 Å². The lowest BCUT2D eigenvalue weighted by atomic mass is 9.95. The van der Waals surface area contributed by atoms with Crippen LogP contribution in [0, 0.1) is 5.92 Å². The largest absolute Gasteiger partial charge is 0.367 e. The fourth-order valence-corrected chi connectivity index (χ4v) is 2.54. The molecule has 0 aromatic heterocycles. The van der Waals surface area contributed by atoms with Crippen LogP contribution >= 0.6 is 0 Å². The first kappa shape index (κ1) is 11.1. The molecule has 0 aromatic rings. The van der Waals surface area contributed by atoms with Crippen molar-refractivity contribution < 1.29 is 9.53 Å². The summed E-state index contributed by atoms with van der Waals surface area (Å²) >= 11 is 0. The standard InChI is InChI=1S/C12H21NO2/c1-12(2)11(14)10(9-15-12)8-13-6-4-3-5-7-13/h10H,3-9H2,1-2H3. The van der Waals surface area contributed by atoms with Crippen LogP contribution in [0.25, 0.3) is 0 Å². The molecule has 2 aliphatic heterocycles. The van der Waals surface area contributed by atoms with Crippen molar-refractivity contribution in [3.05, 3.63) is 0 Å². The van der Waals surface area contributed by atoms with Crippen LogP contribution in [-0.4, -0.2) is 42.5 Å². The highest BCUT2D eigenvalue weighted by Crippen LogP contribution is 2.26. The lowest BCUT2D eigenvalue weighted by molar-refractivity contribution is -0.130. The maximum atomic E-state index is 11.9. The summed E-state index contributed by atoms with van der Waals surface area (Å²) in [6.45, 7) is 7.59. The minimum Gasteiger partial charge on any atom is -0.367 e. The predicted molar refractivity (Wildman–Crippen MR) is 58.8 cm³/mol. The molecule has 2 heterocycles. The number of piperidine rings is 1. The first-order chi connectivity index (χ1) is 7.09. The molecule has 2 fully saturated rings. The molecule has 0 aromatic carbocycles. The van der Waals surface area contributed by atoms with E-state index >= 15 is 0 Å². The third-order valence-electron chi connectivity index (χ3n) is 3.54. The van der Waals surface area contributed by atoms with Crippen LogP contribution < -0.4 is 0 Å². The third-order valence-corrected chi connectivity index (χ3v) is 3.54. The number of Topliss-reactive ketones (excluding diaryl/α,β-unsaturated/α-hetero) is 1. The van der Waals surface area contributed by atoms with E-state index in [-0.39, 0.29) is 11.7 Å². The van der Waals surface area contributed by atoms with Crippen LogP contribution in [0.4, 0.5) is 0 Å². The van der Waals surface area contributed by atoms with Gasteiger partial charge in [-0.1, -0.05) is 6.42 Å². The predicted octanol–water partition coefficient (Wildman–Crippen LogP) is 1.47. The molecule has 3 nitrogen and oxygen atoms in total. The molecule has 0 radical (unpaired) electrons. The van der Waals surface area contributed by atoms with Gasteiger partial charge in [-0.2, -0.15) is 0 Å². The van der Waals surface area contributed by atoms with E-state index in [1.807, 2.05) is 13.8 Å². The number of hydrogen-bond donors (Lipinski definition) is 0. The van der Waals surface area contributed by atoms with E-state index in [9.17, 15) is 4.79 Å². The van der Waals surface area contributed by atoms with E-state index in [0.29, 0.717) is 6.61 Å². The summed E-state index contributed by atoms with van der Waals surface area (Å²) in [5.74, 6) is 0.395. The van der Waals surface area contributed by atoms with Gasteiger partial charge in [0.05, 0.1) is 12.5 Å². The van der Waals surface area contributed by atoms with Gasteiger partial charge < -0.3 is 9.64 Å². The molecular weight excluding hydrogens is 190 g/mol. The minimum absolute atomic E-state index is 0.109. The quantitative estimate of drug-likeness (QED) is 0.692. The molecule has 3 heteroatoms. The van der Waals surface area contributed by atoms with E-state index < -0.39 is 5.60 Å². The highest BCUT2D eigenvalue weighted by Gasteiger charge is 2.42. The Morgan fingerprint density at radius 2 is 2.00 bits per heavy atom. The van der Waals surface area contributed by atoms with Gasteiger partial charge in [0, 0.05) is 6.54 Å². The lowest BCUT2D eigenvalue weighted by Crippen LogP contribution is -2.38. The zero-order valence-electron chi connectivity index (χ0n) is 9.79. The zero-order chi connectivity index (χ0) is 10.9. The Bertz CT molecular complexity index is 244. The average Bonchev–Trinajstić information content (AvgIpc) is 2.47. The smallest absolute Gasteiger partial charge is 0.170 e. The molecule has 0 saturated carbocycles. The molecule has 2 aliphatic rings. The number of nitrogens with zero attached hydrogens (tertiary/aromatic N) is 1. The second-order valence-corrected chi connectivity index (χ2v) is 5.24. The Labute approximate surface area is 91.8 Å². The molecular formula is C12H21NO2. The highest BCUT2D eigenvalue weighted by atomic mass is 16.5. The highest BCUT2D eigenvalue weighted by molar-refractivity contribution is 5.90. The van der Waals surface area contributed by atoms with Gasteiger partial charge in [0.2, 0.25) is 0 Å². The molecule has 15 heavy (non-hydrogen) atoms. The maximum Gasteiger partial charge on any atom is 0.170 e. The average molecular weight is 211 g/mol. The number of ketones is 1. The van der Waals surface area contributed by atoms with Gasteiger partial charge in [-0.25, -0.2) is 0 Å². The van der Waals surface area contributed by atoms with Gasteiger partial charge in [-0.3, -0.25) is 4.79 Å². The fraction of sp³-hybridized carbons (Fsp3) is 0.917. The number of carbonyl (C=O) groups is 1. The van der Waals surface area contributed by atoms with E-state index in [2.05, 4.69) is 4.90 Å². The molecule has 2 saturated heterocycles. The topological polar surface area (TPSA) is 29.5 Å². The normalized spacial score (nSPS) is 32.1. The van der Waals surface area contributed by atoms with Gasteiger partial charge in [0.1, 0.15) is 5.60 Å². The number of hydrogen-bond acceptors (Lipinski definition) is 3. The van der Waals surface area contributed by atoms with E-state index in [4.69, 9.17) is 4.74 Å². The number of ether oxygens (including phenoxy) is 1. The van der Waals surface area contributed by atoms with Crippen molar-refractivity contribution in [3.63, 3.8) is 0 Å². The number of rotatable bonds is 2. The summed E-state index contributed by atoms with van der Waals surface area (Å²) in [6.07, 6.45) is 3.91. The Balaban J connectivity index is 1.87. The van der Waals surface area contributed by atoms with E-state index in [0.717, 1.165) is 19.6 Å². The Kier molecular flexibility index (Phi) is 3.12. The SMILES string of the molecule is CC1(C)OCC(CN2CCCCC2)C1=O. The second kappa shape index (κ2) is 4.22. The molecule has 1 unspecified atom stereocenters. The van der Waals surface area contributed by atoms with Crippen LogP contribution in [0.1, 0.15) is 33.1 Å². The first-order valence-electron chi connectivity index (χ1n) is 6.00. The molecule has 1 atom stereocenters. The van der Waals surface area contributed by atoms with E-state index in [1.165, 1.54) is 19.3 Å². The summed E-state index contributed by atoms with van der Waals surface area (Å²) in [6, 6.07) is 0. The van der Waals surface area contributed by atoms with Crippen molar-refractivity contribution in [2.24, 2.45) is 5.92 Å². The summed E-state index contributed by atoms with van der Waals surface area (Å²) in [4.78, 5) is 14.4. The first-order valence-corrected chi connectivity index (χ1v) is 6.00. The van der Waals surface area contributed by atoms with Crippen molar-refractivity contribution in [3.8, 4) is 0 Å². The van der Waals surface area contributed by atoms with Crippen molar-refractivity contribution >= 4 is 5.78 Å². The van der Waals surface area contributed by atoms with Crippen LogP contribution in [0.2, 0.25) is 0 Å². The summed E-state index contributed by atoms with van der Waals surface area (Å²) in [5, 5.41) is 0. The van der Waals surface area contributed by atoms with Crippen molar-refractivity contribution in [1.82, 2.24) is 4.90 Å². The van der Waals surface area contributed by atoms with Crippen molar-refractivity contribution in [2.45, 2.75) is 38.7 Å². The van der Waals surface area contributed by atoms with Gasteiger partial charge in [-0.05, 0) is 39.8 Å². The van der Waals surface area contributed by atoms with Gasteiger partial charge in [0.25, 0.3) is 0 Å². The van der Waals surface area contributed by atoms with Crippen LogP contribution in [0.15, 0.2) is 0 Å². The van der Waals surface area contributed by atoms with E-state index in [1.54, 1.807) is 0 Å². The molecule has 0 N–H and O–H groups in total. The number of carbonyl (C=O) groups excluding carboxylic acids is 1. The molecule has 2 rings (SSSR count). The summed E-state index contributed by atoms with van der Waals surface area (Å²) in [5.41, 5.74) is -0.541. The minimum atomic E-state index is -0.541. The zero-order valence-corrected chi connectivity index (χ0v) is 9.79. The van der Waals surface area contributed by atoms with Crippen molar-refractivity contribution in [1.29, 1.82) is 0 Å². The Morgan fingerprint density at radius 3 is 2.53 bits per heavy atom. The molecule has 0 bridgehead atoms. The van der Waals surface area contributed by atoms with Crippen LogP contribution in [-0.2, 0) is 9.53 Å². The monoisotopic (exact) mass is 211 g/mol. The second-order valence-electron chi connectivity index (χ2n) is 5.24. The summed E-state index contributed by atoms with van der Waals surface area (Å²) in [7, 11) is 0. The van der Waals surface area contributed by atoms with Gasteiger partial charge in [0.15, 0.2) is 5.78 Å². The molecule has 0 amide bonds. The van der Waals surface area contributed by atoms with Gasteiger partial charge in [-0.15, -0.1) is 0 Å². The lowest BCUT2D eigenvalue weighted by Gasteiger charge is -2.28. The van der Waals surface area contributed by atoms with Crippen molar-refractivity contribution in [2.75, 3.05) is 26.2 Å². The third kappa shape index (κ3) is 2.40. The Morgan fingerprint density at radius 1 is 1.33 bits per heavy atom. The fourth-order valence-electron chi connectivity index (χ4n) is 2.54. The molecule has 0 aliphatic carbocycles. The summed E-state index contributed by atoms with van der Waals surface area (Å²) < 4.78 is 5.53. The Hall–Kier alpha value is -0.410. The molecule has 0 spiro atoms. The molecule has 86 valence electrons. The van der Waals surface area contributed by atoms with Crippen LogP contribution in [0.3, 0.4) is 0 Å².